The summed E-state index contributed by atoms with van der Waals surface area (Å²) < 4.78 is 5.95. The molecule has 1 aliphatic carbocycles. The molecule has 9 nitrogen and oxygen atoms in total. The van der Waals surface area contributed by atoms with E-state index in [4.69, 9.17) is 4.74 Å². The fraction of sp³-hybridized carbons (Fsp3) is 0.333. The van der Waals surface area contributed by atoms with Gasteiger partial charge in [-0.15, -0.1) is 11.3 Å². The molecule has 37 heavy (non-hydrogen) atoms. The first kappa shape index (κ1) is 23.5. The Bertz CT molecular complexity index is 1400. The van der Waals surface area contributed by atoms with E-state index in [1.54, 1.807) is 22.1 Å². The molecule has 3 aliphatic rings. The van der Waals surface area contributed by atoms with Gasteiger partial charge in [0.25, 0.3) is 5.91 Å². The molecule has 1 aromatic carbocycles. The van der Waals surface area contributed by atoms with Crippen LogP contribution in [0.1, 0.15) is 41.8 Å². The third-order valence-corrected chi connectivity index (χ3v) is 8.24. The van der Waals surface area contributed by atoms with Gasteiger partial charge in [-0.3, -0.25) is 14.5 Å². The lowest BCUT2D eigenvalue weighted by atomic mass is 9.96. The minimum absolute atomic E-state index is 0.139. The molecule has 0 radical (unpaired) electrons. The smallest absolute Gasteiger partial charge is 0.331 e. The lowest BCUT2D eigenvalue weighted by molar-refractivity contribution is -0.127. The number of ether oxygens (including phenoxy) is 1. The van der Waals surface area contributed by atoms with E-state index >= 15 is 0 Å². The second-order valence-electron chi connectivity index (χ2n) is 9.55. The average molecular weight is 518 g/mol. The average Bonchev–Trinajstić information content (AvgIpc) is 3.26. The number of thiophene rings is 1. The Hall–Kier alpha value is -3.92. The Kier molecular flexibility index (Phi) is 6.03. The number of amides is 4. The monoisotopic (exact) mass is 517 g/mol. The predicted molar refractivity (Wildman–Crippen MR) is 143 cm³/mol. The van der Waals surface area contributed by atoms with Crippen molar-refractivity contribution < 1.29 is 19.1 Å². The van der Waals surface area contributed by atoms with Crippen molar-refractivity contribution in [3.63, 3.8) is 0 Å². The van der Waals surface area contributed by atoms with Crippen LogP contribution in [0.3, 0.4) is 0 Å². The highest BCUT2D eigenvalue weighted by Gasteiger charge is 2.34. The third kappa shape index (κ3) is 4.31. The van der Waals surface area contributed by atoms with Crippen LogP contribution in [-0.4, -0.2) is 53.0 Å². The molecule has 2 aliphatic heterocycles. The highest BCUT2D eigenvalue weighted by molar-refractivity contribution is 7.21. The summed E-state index contributed by atoms with van der Waals surface area (Å²) in [5, 5.41) is 6.71. The van der Waals surface area contributed by atoms with Gasteiger partial charge < -0.3 is 20.3 Å². The van der Waals surface area contributed by atoms with Crippen LogP contribution in [0, 0.1) is 0 Å². The fourth-order valence-electron chi connectivity index (χ4n) is 5.03. The summed E-state index contributed by atoms with van der Waals surface area (Å²) in [6, 6.07) is 8.76. The van der Waals surface area contributed by atoms with Crippen molar-refractivity contribution in [3.05, 3.63) is 54.1 Å². The molecule has 10 heteroatoms. The molecule has 190 valence electrons. The molecule has 2 fully saturated rings. The molecule has 1 atom stereocenters. The zero-order valence-corrected chi connectivity index (χ0v) is 21.1. The molecule has 4 amide bonds. The van der Waals surface area contributed by atoms with Crippen molar-refractivity contribution in [2.45, 2.75) is 44.2 Å². The fourth-order valence-corrected chi connectivity index (χ4v) is 6.05. The Morgan fingerprint density at radius 1 is 1.16 bits per heavy atom. The van der Waals surface area contributed by atoms with Crippen molar-refractivity contribution >= 4 is 56.5 Å². The largest absolute Gasteiger partial charge is 0.490 e. The molecule has 0 spiro atoms. The number of rotatable bonds is 6. The zero-order chi connectivity index (χ0) is 25.5. The maximum absolute atomic E-state index is 13.3. The van der Waals surface area contributed by atoms with Gasteiger partial charge in [-0.05, 0) is 68.5 Å². The van der Waals surface area contributed by atoms with Crippen LogP contribution < -0.4 is 20.3 Å². The number of nitrogens with zero attached hydrogens (tertiary/aromatic N) is 3. The quantitative estimate of drug-likeness (QED) is 0.457. The van der Waals surface area contributed by atoms with Gasteiger partial charge in [0.1, 0.15) is 15.5 Å². The first-order chi connectivity index (χ1) is 18.0. The van der Waals surface area contributed by atoms with Gasteiger partial charge in [0.05, 0.1) is 28.6 Å². The molecule has 3 aromatic rings. The number of hydrogen-bond acceptors (Lipinski definition) is 6. The maximum atomic E-state index is 13.3. The lowest BCUT2D eigenvalue weighted by Crippen LogP contribution is -2.49. The predicted octanol–water partition coefficient (Wildman–Crippen LogP) is 4.82. The Morgan fingerprint density at radius 2 is 1.97 bits per heavy atom. The molecule has 0 unspecified atom stereocenters. The van der Waals surface area contributed by atoms with E-state index in [9.17, 15) is 14.4 Å². The number of carbonyl (C=O) groups excluding carboxylic acids is 3. The second kappa shape index (κ2) is 9.51. The number of benzene rings is 1. The molecular weight excluding hydrogens is 490 g/mol. The van der Waals surface area contributed by atoms with Crippen molar-refractivity contribution in [3.8, 4) is 5.75 Å². The van der Waals surface area contributed by atoms with Gasteiger partial charge in [0.2, 0.25) is 5.91 Å². The summed E-state index contributed by atoms with van der Waals surface area (Å²) >= 11 is 1.25. The summed E-state index contributed by atoms with van der Waals surface area (Å²) in [6.07, 6.45) is 8.15. The number of urea groups is 1. The number of likely N-dealkylation sites (tertiary alicyclic amines) is 1. The van der Waals surface area contributed by atoms with Gasteiger partial charge >= 0.3 is 6.03 Å². The molecule has 1 saturated heterocycles. The van der Waals surface area contributed by atoms with Crippen molar-refractivity contribution in [1.82, 2.24) is 15.2 Å². The highest BCUT2D eigenvalue weighted by atomic mass is 32.1. The van der Waals surface area contributed by atoms with Gasteiger partial charge in [0, 0.05) is 25.3 Å². The van der Waals surface area contributed by atoms with E-state index < -0.39 is 0 Å². The van der Waals surface area contributed by atoms with E-state index in [1.165, 1.54) is 23.8 Å². The topological polar surface area (TPSA) is 104 Å². The highest BCUT2D eigenvalue weighted by Crippen LogP contribution is 2.45. The number of piperidine rings is 1. The SMILES string of the molecule is C=CC(=O)N1CCC[C@@H](NC(=O)c2sc3nccc4c3c2NC(=O)N4c2ccc(OC3CCC3)cc2)C1. The molecule has 2 aromatic heterocycles. The summed E-state index contributed by atoms with van der Waals surface area (Å²) in [5.41, 5.74) is 1.84. The summed E-state index contributed by atoms with van der Waals surface area (Å²) in [5.74, 6) is 0.366. The van der Waals surface area contributed by atoms with Gasteiger partial charge in [-0.25, -0.2) is 9.78 Å². The molecular formula is C27H27N5O4S. The summed E-state index contributed by atoms with van der Waals surface area (Å²) in [4.78, 5) is 47.5. The molecule has 0 bridgehead atoms. The maximum Gasteiger partial charge on any atom is 0.331 e. The van der Waals surface area contributed by atoms with E-state index in [1.807, 2.05) is 24.3 Å². The number of aromatic nitrogens is 1. The van der Waals surface area contributed by atoms with Crippen molar-refractivity contribution in [2.24, 2.45) is 0 Å². The van der Waals surface area contributed by atoms with Crippen LogP contribution in [0.4, 0.5) is 21.9 Å². The normalized spacial score (nSPS) is 19.2. The van der Waals surface area contributed by atoms with Gasteiger partial charge in [-0.2, -0.15) is 0 Å². The Morgan fingerprint density at radius 3 is 2.70 bits per heavy atom. The van der Waals surface area contributed by atoms with E-state index in [-0.39, 0.29) is 30.0 Å². The number of nitrogens with one attached hydrogen (secondary N) is 2. The number of pyridine rings is 1. The van der Waals surface area contributed by atoms with E-state index in [0.717, 1.165) is 36.8 Å². The van der Waals surface area contributed by atoms with Crippen LogP contribution in [-0.2, 0) is 4.79 Å². The lowest BCUT2D eigenvalue weighted by Gasteiger charge is -2.32. The summed E-state index contributed by atoms with van der Waals surface area (Å²) in [6.45, 7) is 4.64. The standard InChI is InChI=1S/C27H27N5O4S/c1-2-21(33)31-14-4-5-16(15-31)29-25(34)24-23-22-20(12-13-28-26(22)37-24)32(27(35)30-23)17-8-10-19(11-9-17)36-18-6-3-7-18/h2,8-13,16,18H,1,3-7,14-15H2,(H,29,34)(H,30,35)/t16-/m1/s1. The third-order valence-electron chi connectivity index (χ3n) is 7.14. The molecule has 4 heterocycles. The molecule has 6 rings (SSSR count). The number of anilines is 3. The van der Waals surface area contributed by atoms with E-state index in [0.29, 0.717) is 39.9 Å². The first-order valence-electron chi connectivity index (χ1n) is 12.5. The second-order valence-corrected chi connectivity index (χ2v) is 10.5. The van der Waals surface area contributed by atoms with Crippen molar-refractivity contribution in [2.75, 3.05) is 23.3 Å². The summed E-state index contributed by atoms with van der Waals surface area (Å²) in [7, 11) is 0. The van der Waals surface area contributed by atoms with Gasteiger partial charge in [-0.1, -0.05) is 6.58 Å². The van der Waals surface area contributed by atoms with Crippen LogP contribution >= 0.6 is 11.3 Å². The minimum Gasteiger partial charge on any atom is -0.490 e. The number of carbonyl (C=O) groups is 3. The Balaban J connectivity index is 1.27. The van der Waals surface area contributed by atoms with Crippen LogP contribution in [0.5, 0.6) is 5.75 Å². The molecule has 1 saturated carbocycles. The van der Waals surface area contributed by atoms with Crippen LogP contribution in [0.25, 0.3) is 10.2 Å². The van der Waals surface area contributed by atoms with Crippen molar-refractivity contribution in [1.29, 1.82) is 0 Å². The minimum atomic E-state index is -0.347. The van der Waals surface area contributed by atoms with Gasteiger partial charge in [0.15, 0.2) is 0 Å². The van der Waals surface area contributed by atoms with Crippen LogP contribution in [0.15, 0.2) is 49.2 Å². The van der Waals surface area contributed by atoms with Crippen LogP contribution in [0.2, 0.25) is 0 Å². The first-order valence-corrected chi connectivity index (χ1v) is 13.3. The zero-order valence-electron chi connectivity index (χ0n) is 20.2. The number of hydrogen-bond donors (Lipinski definition) is 2. The Labute approximate surface area is 218 Å². The molecule has 2 N–H and O–H groups in total. The van der Waals surface area contributed by atoms with E-state index in [2.05, 4.69) is 22.2 Å².